The molecule has 1 aromatic carbocycles. The number of nitrogens with two attached hydrogens (primary N) is 1. The van der Waals surface area contributed by atoms with Crippen LogP contribution >= 0.6 is 12.4 Å². The molecular weight excluding hydrogens is 494 g/mol. The highest BCUT2D eigenvalue weighted by Crippen LogP contribution is 2.29. The summed E-state index contributed by atoms with van der Waals surface area (Å²) in [6, 6.07) is 7.87. The highest BCUT2D eigenvalue weighted by Gasteiger charge is 2.31. The lowest BCUT2D eigenvalue weighted by Crippen LogP contribution is -2.48. The van der Waals surface area contributed by atoms with Crippen LogP contribution in [-0.4, -0.2) is 72.4 Å². The van der Waals surface area contributed by atoms with E-state index in [1.165, 1.54) is 5.56 Å². The SMILES string of the molecule is Cl.N=C(N)c1ccc(C2CCN(C(=O)N[C@H]3CC[C@H](C(=O)OCC(=O)N4CCCCC4)CC3)CC2)cc1. The van der Waals surface area contributed by atoms with Crippen molar-refractivity contribution in [3.63, 3.8) is 0 Å². The van der Waals surface area contributed by atoms with E-state index in [2.05, 4.69) is 5.32 Å². The van der Waals surface area contributed by atoms with Gasteiger partial charge in [0, 0.05) is 37.8 Å². The number of nitrogens with one attached hydrogen (secondary N) is 2. The maximum absolute atomic E-state index is 12.8. The van der Waals surface area contributed by atoms with Gasteiger partial charge in [-0.3, -0.25) is 15.0 Å². The van der Waals surface area contributed by atoms with Crippen LogP contribution in [0.15, 0.2) is 24.3 Å². The van der Waals surface area contributed by atoms with Crippen molar-refractivity contribution in [3.8, 4) is 0 Å². The third-order valence-corrected chi connectivity index (χ3v) is 7.91. The van der Waals surface area contributed by atoms with Crippen LogP contribution in [0.4, 0.5) is 4.79 Å². The molecule has 204 valence electrons. The number of amides is 3. The van der Waals surface area contributed by atoms with Gasteiger partial charge in [-0.2, -0.15) is 0 Å². The number of hydrogen-bond donors (Lipinski definition) is 3. The van der Waals surface area contributed by atoms with Gasteiger partial charge in [-0.15, -0.1) is 12.4 Å². The number of urea groups is 1. The number of halogens is 1. The van der Waals surface area contributed by atoms with Crippen molar-refractivity contribution in [2.45, 2.75) is 69.7 Å². The zero-order chi connectivity index (χ0) is 25.5. The second-order valence-corrected chi connectivity index (χ2v) is 10.3. The van der Waals surface area contributed by atoms with Gasteiger partial charge in [-0.1, -0.05) is 24.3 Å². The van der Waals surface area contributed by atoms with Crippen LogP contribution in [-0.2, 0) is 14.3 Å². The number of amidine groups is 1. The van der Waals surface area contributed by atoms with Crippen molar-refractivity contribution >= 4 is 36.2 Å². The molecule has 0 atom stereocenters. The van der Waals surface area contributed by atoms with Crippen LogP contribution in [0.25, 0.3) is 0 Å². The molecule has 0 aromatic heterocycles. The summed E-state index contributed by atoms with van der Waals surface area (Å²) in [5.74, 6) is -0.109. The van der Waals surface area contributed by atoms with E-state index in [1.54, 1.807) is 4.90 Å². The summed E-state index contributed by atoms with van der Waals surface area (Å²) in [7, 11) is 0. The van der Waals surface area contributed by atoms with E-state index in [1.807, 2.05) is 29.2 Å². The summed E-state index contributed by atoms with van der Waals surface area (Å²) in [5, 5.41) is 10.7. The highest BCUT2D eigenvalue weighted by atomic mass is 35.5. The number of hydrogen-bond acceptors (Lipinski definition) is 5. The van der Waals surface area contributed by atoms with Crippen molar-refractivity contribution in [2.24, 2.45) is 11.7 Å². The van der Waals surface area contributed by atoms with Gasteiger partial charge < -0.3 is 25.6 Å². The molecule has 0 unspecified atom stereocenters. The molecule has 4 rings (SSSR count). The first-order valence-electron chi connectivity index (χ1n) is 13.3. The lowest BCUT2D eigenvalue weighted by molar-refractivity contribution is -0.156. The fourth-order valence-electron chi connectivity index (χ4n) is 5.58. The summed E-state index contributed by atoms with van der Waals surface area (Å²) in [6.45, 7) is 2.77. The quantitative estimate of drug-likeness (QED) is 0.293. The van der Waals surface area contributed by atoms with Gasteiger partial charge in [0.25, 0.3) is 5.91 Å². The van der Waals surface area contributed by atoms with Gasteiger partial charge in [-0.25, -0.2) is 4.79 Å². The van der Waals surface area contributed by atoms with Crippen LogP contribution in [0.1, 0.15) is 74.8 Å². The molecular formula is C27H40ClN5O4. The topological polar surface area (TPSA) is 129 Å². The van der Waals surface area contributed by atoms with E-state index in [4.69, 9.17) is 15.9 Å². The molecule has 0 spiro atoms. The Balaban J connectivity index is 0.00000380. The largest absolute Gasteiger partial charge is 0.455 e. The molecule has 3 fully saturated rings. The fourth-order valence-corrected chi connectivity index (χ4v) is 5.58. The van der Waals surface area contributed by atoms with Crippen molar-refractivity contribution in [1.82, 2.24) is 15.1 Å². The predicted molar refractivity (Wildman–Crippen MR) is 144 cm³/mol. The second-order valence-electron chi connectivity index (χ2n) is 10.3. The van der Waals surface area contributed by atoms with Crippen LogP contribution in [0.3, 0.4) is 0 Å². The molecule has 9 nitrogen and oxygen atoms in total. The smallest absolute Gasteiger partial charge is 0.317 e. The van der Waals surface area contributed by atoms with Gasteiger partial charge in [0.2, 0.25) is 0 Å². The van der Waals surface area contributed by atoms with Crippen molar-refractivity contribution in [3.05, 3.63) is 35.4 Å². The number of likely N-dealkylation sites (tertiary alicyclic amines) is 2. The standard InChI is InChI=1S/C27H39N5O4.ClH/c28-25(29)21-6-4-19(5-7-21)20-12-16-32(17-13-20)27(35)30-23-10-8-22(9-11-23)26(34)36-18-24(33)31-14-2-1-3-15-31;/h4-7,20,22-23H,1-3,8-18H2,(H3,28,29)(H,30,35);1H/t22-,23-;. The van der Waals surface area contributed by atoms with E-state index in [-0.39, 0.29) is 54.7 Å². The Bertz CT molecular complexity index is 935. The summed E-state index contributed by atoms with van der Waals surface area (Å²) in [4.78, 5) is 41.2. The maximum atomic E-state index is 12.8. The zero-order valence-electron chi connectivity index (χ0n) is 21.5. The Kier molecular flexibility index (Phi) is 10.6. The molecule has 4 N–H and O–H groups in total. The monoisotopic (exact) mass is 533 g/mol. The van der Waals surface area contributed by atoms with Crippen LogP contribution < -0.4 is 11.1 Å². The third-order valence-electron chi connectivity index (χ3n) is 7.91. The Morgan fingerprint density at radius 1 is 0.892 bits per heavy atom. The van der Waals surface area contributed by atoms with Gasteiger partial charge in [-0.05, 0) is 69.3 Å². The van der Waals surface area contributed by atoms with Gasteiger partial charge >= 0.3 is 12.0 Å². The predicted octanol–water partition coefficient (Wildman–Crippen LogP) is 3.40. The summed E-state index contributed by atoms with van der Waals surface area (Å²) >= 11 is 0. The average Bonchev–Trinajstić information content (AvgIpc) is 2.92. The molecule has 2 heterocycles. The normalized spacial score (nSPS) is 22.5. The molecule has 0 radical (unpaired) electrons. The van der Waals surface area contributed by atoms with Gasteiger partial charge in [0.15, 0.2) is 6.61 Å². The van der Waals surface area contributed by atoms with Crippen molar-refractivity contribution in [2.75, 3.05) is 32.8 Å². The molecule has 2 saturated heterocycles. The molecule has 2 aliphatic heterocycles. The molecule has 0 bridgehead atoms. The molecule has 10 heteroatoms. The average molecular weight is 534 g/mol. The second kappa shape index (κ2) is 13.7. The number of rotatable bonds is 6. The minimum Gasteiger partial charge on any atom is -0.455 e. The Labute approximate surface area is 225 Å². The van der Waals surface area contributed by atoms with E-state index in [9.17, 15) is 14.4 Å². The number of esters is 1. The van der Waals surface area contributed by atoms with E-state index in [0.717, 1.165) is 63.6 Å². The zero-order valence-corrected chi connectivity index (χ0v) is 22.3. The Morgan fingerprint density at radius 2 is 1.51 bits per heavy atom. The summed E-state index contributed by atoms with van der Waals surface area (Å²) in [6.07, 6.45) is 7.81. The minimum atomic E-state index is -0.288. The van der Waals surface area contributed by atoms with Gasteiger partial charge in [0.1, 0.15) is 5.84 Å². The Hall–Kier alpha value is -2.81. The first-order valence-corrected chi connectivity index (χ1v) is 13.3. The van der Waals surface area contributed by atoms with Gasteiger partial charge in [0.05, 0.1) is 5.92 Å². The van der Waals surface area contributed by atoms with E-state index in [0.29, 0.717) is 31.8 Å². The number of piperidine rings is 2. The number of ether oxygens (including phenoxy) is 1. The first kappa shape index (κ1) is 28.8. The number of carbonyl (C=O) groups is 3. The molecule has 37 heavy (non-hydrogen) atoms. The first-order chi connectivity index (χ1) is 17.4. The molecule has 1 aromatic rings. The lowest BCUT2D eigenvalue weighted by atomic mass is 9.86. The number of nitrogen functional groups attached to an aromatic ring is 1. The van der Waals surface area contributed by atoms with Crippen molar-refractivity contribution in [1.29, 1.82) is 5.41 Å². The minimum absolute atomic E-state index is 0. The molecule has 3 amide bonds. The number of carbonyl (C=O) groups excluding carboxylic acids is 3. The summed E-state index contributed by atoms with van der Waals surface area (Å²) < 4.78 is 5.33. The van der Waals surface area contributed by atoms with E-state index < -0.39 is 0 Å². The number of nitrogens with zero attached hydrogens (tertiary/aromatic N) is 2. The van der Waals surface area contributed by atoms with Crippen LogP contribution in [0.2, 0.25) is 0 Å². The fraction of sp³-hybridized carbons (Fsp3) is 0.630. The highest BCUT2D eigenvalue weighted by molar-refractivity contribution is 5.94. The molecule has 1 saturated carbocycles. The van der Waals surface area contributed by atoms with Crippen LogP contribution in [0, 0.1) is 11.3 Å². The molecule has 3 aliphatic rings. The third kappa shape index (κ3) is 7.84. The van der Waals surface area contributed by atoms with Crippen molar-refractivity contribution < 1.29 is 19.1 Å². The molecule has 1 aliphatic carbocycles. The maximum Gasteiger partial charge on any atom is 0.317 e. The number of benzene rings is 1. The van der Waals surface area contributed by atoms with Crippen LogP contribution in [0.5, 0.6) is 0 Å². The lowest BCUT2D eigenvalue weighted by Gasteiger charge is -2.35. The van der Waals surface area contributed by atoms with E-state index >= 15 is 0 Å². The summed E-state index contributed by atoms with van der Waals surface area (Å²) in [5.41, 5.74) is 7.49. The Morgan fingerprint density at radius 3 is 2.11 bits per heavy atom.